The van der Waals surface area contributed by atoms with Crippen molar-refractivity contribution >= 4 is 18.0 Å². The Morgan fingerprint density at radius 2 is 1.67 bits per heavy atom. The maximum Gasteiger partial charge on any atom is 0.407 e. The molecule has 0 bridgehead atoms. The van der Waals surface area contributed by atoms with Gasteiger partial charge in [-0.1, -0.05) is 48.5 Å². The van der Waals surface area contributed by atoms with E-state index < -0.39 is 29.6 Å². The number of benzene rings is 2. The van der Waals surface area contributed by atoms with Crippen molar-refractivity contribution in [2.45, 2.75) is 43.2 Å². The molecule has 0 heterocycles. The third kappa shape index (κ3) is 4.85. The van der Waals surface area contributed by atoms with E-state index in [1.54, 1.807) is 0 Å². The largest absolute Gasteiger partial charge is 0.481 e. The molecule has 1 saturated carbocycles. The number of aliphatic carboxylic acids is 1. The van der Waals surface area contributed by atoms with E-state index in [0.717, 1.165) is 28.7 Å². The molecule has 2 amide bonds. The lowest BCUT2D eigenvalue weighted by Crippen LogP contribution is -2.60. The Bertz CT molecular complexity index is 1000. The quantitative estimate of drug-likeness (QED) is 0.539. The van der Waals surface area contributed by atoms with Crippen molar-refractivity contribution in [1.82, 2.24) is 10.6 Å². The molecule has 0 spiro atoms. The van der Waals surface area contributed by atoms with Crippen molar-refractivity contribution in [1.29, 1.82) is 0 Å². The van der Waals surface area contributed by atoms with Crippen LogP contribution in [0.2, 0.25) is 0 Å². The Kier molecular flexibility index (Phi) is 6.65. The Morgan fingerprint density at radius 3 is 2.18 bits per heavy atom. The number of fused-ring (bicyclic) bond motifs is 3. The molecule has 0 aliphatic heterocycles. The lowest BCUT2D eigenvalue weighted by Gasteiger charge is -2.42. The van der Waals surface area contributed by atoms with E-state index >= 15 is 0 Å². The molecule has 0 aromatic heterocycles. The average Bonchev–Trinajstić information content (AvgIpc) is 3.09. The van der Waals surface area contributed by atoms with Gasteiger partial charge in [-0.15, -0.1) is 0 Å². The monoisotopic (exact) mass is 452 g/mol. The molecule has 4 rings (SSSR count). The van der Waals surface area contributed by atoms with Gasteiger partial charge in [0.25, 0.3) is 0 Å². The molecule has 0 saturated heterocycles. The first-order chi connectivity index (χ1) is 15.9. The number of ether oxygens (including phenoxy) is 2. The first-order valence-electron chi connectivity index (χ1n) is 11.1. The SMILES string of the molecule is COCC(NC(=O)OCC1c2ccccc2-c2ccccc21)C(=O)NC1(CC(=O)O)CCC1. The fourth-order valence-electron chi connectivity index (χ4n) is 4.72. The fourth-order valence-corrected chi connectivity index (χ4v) is 4.72. The number of hydrogen-bond acceptors (Lipinski definition) is 5. The smallest absolute Gasteiger partial charge is 0.407 e. The Morgan fingerprint density at radius 1 is 1.06 bits per heavy atom. The summed E-state index contributed by atoms with van der Waals surface area (Å²) in [5.41, 5.74) is 3.68. The van der Waals surface area contributed by atoms with Crippen LogP contribution in [0.25, 0.3) is 11.1 Å². The number of amides is 2. The highest BCUT2D eigenvalue weighted by atomic mass is 16.5. The number of carboxylic acid groups (broad SMARTS) is 1. The molecule has 33 heavy (non-hydrogen) atoms. The first kappa shape index (κ1) is 22.8. The van der Waals surface area contributed by atoms with Gasteiger partial charge in [0.05, 0.1) is 18.6 Å². The van der Waals surface area contributed by atoms with Gasteiger partial charge in [0.2, 0.25) is 5.91 Å². The summed E-state index contributed by atoms with van der Waals surface area (Å²) in [6, 6.07) is 15.1. The molecule has 8 nitrogen and oxygen atoms in total. The molecule has 174 valence electrons. The summed E-state index contributed by atoms with van der Waals surface area (Å²) < 4.78 is 10.6. The van der Waals surface area contributed by atoms with E-state index in [1.807, 2.05) is 36.4 Å². The zero-order valence-corrected chi connectivity index (χ0v) is 18.5. The van der Waals surface area contributed by atoms with Gasteiger partial charge in [-0.25, -0.2) is 4.79 Å². The van der Waals surface area contributed by atoms with Crippen LogP contribution in [-0.4, -0.2) is 55.0 Å². The molecular formula is C25H28N2O6. The van der Waals surface area contributed by atoms with Gasteiger partial charge in [0, 0.05) is 13.0 Å². The van der Waals surface area contributed by atoms with E-state index in [2.05, 4.69) is 22.8 Å². The Labute approximate surface area is 192 Å². The summed E-state index contributed by atoms with van der Waals surface area (Å²) in [6.07, 6.45) is 1.16. The predicted molar refractivity (Wildman–Crippen MR) is 121 cm³/mol. The molecule has 1 fully saturated rings. The average molecular weight is 453 g/mol. The van der Waals surface area contributed by atoms with Gasteiger partial charge in [-0.05, 0) is 41.5 Å². The number of hydrogen-bond donors (Lipinski definition) is 3. The molecule has 3 N–H and O–H groups in total. The van der Waals surface area contributed by atoms with Crippen LogP contribution in [-0.2, 0) is 19.1 Å². The number of rotatable bonds is 9. The Hall–Kier alpha value is -3.39. The van der Waals surface area contributed by atoms with Crippen molar-refractivity contribution in [3.05, 3.63) is 59.7 Å². The predicted octanol–water partition coefficient (Wildman–Crippen LogP) is 3.05. The lowest BCUT2D eigenvalue weighted by molar-refractivity contribution is -0.140. The normalized spacial score (nSPS) is 16.6. The summed E-state index contributed by atoms with van der Waals surface area (Å²) in [7, 11) is 1.43. The molecule has 2 aromatic rings. The van der Waals surface area contributed by atoms with Crippen molar-refractivity contribution < 1.29 is 29.0 Å². The highest BCUT2D eigenvalue weighted by Gasteiger charge is 2.41. The minimum absolute atomic E-state index is 0.0564. The molecule has 8 heteroatoms. The van der Waals surface area contributed by atoms with Crippen LogP contribution >= 0.6 is 0 Å². The third-order valence-electron chi connectivity index (χ3n) is 6.47. The topological polar surface area (TPSA) is 114 Å². The van der Waals surface area contributed by atoms with Crippen LogP contribution in [0.1, 0.15) is 42.7 Å². The van der Waals surface area contributed by atoms with E-state index in [1.165, 1.54) is 7.11 Å². The molecule has 1 atom stereocenters. The van der Waals surface area contributed by atoms with Crippen molar-refractivity contribution in [3.8, 4) is 11.1 Å². The molecule has 1 unspecified atom stereocenters. The van der Waals surface area contributed by atoms with E-state index in [9.17, 15) is 14.4 Å². The summed E-state index contributed by atoms with van der Waals surface area (Å²) in [6.45, 7) is 0.0727. The minimum Gasteiger partial charge on any atom is -0.481 e. The third-order valence-corrected chi connectivity index (χ3v) is 6.47. The van der Waals surface area contributed by atoms with Gasteiger partial charge in [0.15, 0.2) is 0 Å². The molecule has 2 aromatic carbocycles. The van der Waals surface area contributed by atoms with Crippen LogP contribution in [0.15, 0.2) is 48.5 Å². The number of carbonyl (C=O) groups excluding carboxylic acids is 2. The maximum absolute atomic E-state index is 12.8. The van der Waals surface area contributed by atoms with E-state index in [-0.39, 0.29) is 25.6 Å². The number of methoxy groups -OCH3 is 1. The van der Waals surface area contributed by atoms with Crippen LogP contribution < -0.4 is 10.6 Å². The summed E-state index contributed by atoms with van der Waals surface area (Å²) >= 11 is 0. The zero-order valence-electron chi connectivity index (χ0n) is 18.5. The lowest BCUT2D eigenvalue weighted by atomic mass is 9.74. The summed E-state index contributed by atoms with van der Waals surface area (Å²) in [5, 5.41) is 14.5. The highest BCUT2D eigenvalue weighted by molar-refractivity contribution is 5.87. The summed E-state index contributed by atoms with van der Waals surface area (Å²) in [4.78, 5) is 36.6. The number of carbonyl (C=O) groups is 3. The van der Waals surface area contributed by atoms with Crippen molar-refractivity contribution in [3.63, 3.8) is 0 Å². The van der Waals surface area contributed by atoms with Gasteiger partial charge in [-0.2, -0.15) is 0 Å². The summed E-state index contributed by atoms with van der Waals surface area (Å²) in [5.74, 6) is -1.54. The van der Waals surface area contributed by atoms with E-state index in [4.69, 9.17) is 14.6 Å². The number of carboxylic acids is 1. The first-order valence-corrected chi connectivity index (χ1v) is 11.1. The highest BCUT2D eigenvalue weighted by Crippen LogP contribution is 2.44. The van der Waals surface area contributed by atoms with Crippen molar-refractivity contribution in [2.75, 3.05) is 20.3 Å². The standard InChI is InChI=1S/C25H28N2O6/c1-32-15-21(23(30)27-25(11-6-12-25)13-22(28)29)26-24(31)33-14-20-18-9-4-2-7-16(18)17-8-3-5-10-19(17)20/h2-5,7-10,20-21H,6,11-15H2,1H3,(H,26,31)(H,27,30)(H,28,29). The van der Waals surface area contributed by atoms with Crippen LogP contribution in [0.5, 0.6) is 0 Å². The second-order valence-corrected chi connectivity index (χ2v) is 8.67. The van der Waals surface area contributed by atoms with Crippen LogP contribution in [0.4, 0.5) is 4.79 Å². The molecule has 2 aliphatic carbocycles. The van der Waals surface area contributed by atoms with Crippen LogP contribution in [0, 0.1) is 0 Å². The number of nitrogens with one attached hydrogen (secondary N) is 2. The Balaban J connectivity index is 1.39. The number of alkyl carbamates (subject to hydrolysis) is 1. The maximum atomic E-state index is 12.8. The van der Waals surface area contributed by atoms with Gasteiger partial charge >= 0.3 is 12.1 Å². The fraction of sp³-hybridized carbons (Fsp3) is 0.400. The van der Waals surface area contributed by atoms with Gasteiger partial charge in [0.1, 0.15) is 12.6 Å². The van der Waals surface area contributed by atoms with E-state index in [0.29, 0.717) is 12.8 Å². The second kappa shape index (κ2) is 9.62. The van der Waals surface area contributed by atoms with Gasteiger partial charge in [-0.3, -0.25) is 9.59 Å². The zero-order chi connectivity index (χ0) is 23.4. The van der Waals surface area contributed by atoms with Crippen LogP contribution in [0.3, 0.4) is 0 Å². The van der Waals surface area contributed by atoms with Crippen molar-refractivity contribution in [2.24, 2.45) is 0 Å². The molecule has 0 radical (unpaired) electrons. The molecular weight excluding hydrogens is 424 g/mol. The molecule has 2 aliphatic rings. The second-order valence-electron chi connectivity index (χ2n) is 8.67. The minimum atomic E-state index is -0.989. The van der Waals surface area contributed by atoms with Gasteiger partial charge < -0.3 is 25.2 Å².